The summed E-state index contributed by atoms with van der Waals surface area (Å²) in [5.74, 6) is 0.787. The van der Waals surface area contributed by atoms with E-state index in [-0.39, 0.29) is 0 Å². The maximum Gasteiger partial charge on any atom is 0.120 e. The molecule has 0 aliphatic carbocycles. The molecule has 2 fully saturated rings. The van der Waals surface area contributed by atoms with Crippen molar-refractivity contribution >= 4 is 10.8 Å². The zero-order chi connectivity index (χ0) is 21.0. The van der Waals surface area contributed by atoms with E-state index in [1.807, 2.05) is 24.4 Å². The van der Waals surface area contributed by atoms with Crippen LogP contribution in [0.3, 0.4) is 0 Å². The quantitative estimate of drug-likeness (QED) is 0.636. The van der Waals surface area contributed by atoms with Crippen molar-refractivity contribution in [3.63, 3.8) is 0 Å². The first kappa shape index (κ1) is 20.4. The second-order valence-electron chi connectivity index (χ2n) is 8.46. The highest BCUT2D eigenvalue weighted by atomic mass is 16.5. The summed E-state index contributed by atoms with van der Waals surface area (Å²) in [7, 11) is 0. The number of aliphatic hydroxyl groups is 1. The van der Waals surface area contributed by atoms with E-state index in [9.17, 15) is 5.11 Å². The van der Waals surface area contributed by atoms with E-state index in [0.717, 1.165) is 67.0 Å². The molecule has 1 aromatic heterocycles. The standard InChI is InChI=1S/C25H29N3O3/c29-24(15-27-8-10-28(11-9-27)23-16-30-17-23)18-31-25-6-5-19-12-20(3-4-21(19)13-25)22-2-1-7-26-14-22/h1-7,12-14,23-24,29H,8-11,15-18H2. The molecule has 2 aromatic carbocycles. The van der Waals surface area contributed by atoms with E-state index in [1.54, 1.807) is 6.20 Å². The molecule has 0 bridgehead atoms. The van der Waals surface area contributed by atoms with Crippen molar-refractivity contribution in [2.75, 3.05) is 52.5 Å². The van der Waals surface area contributed by atoms with Crippen LogP contribution in [0.25, 0.3) is 21.9 Å². The van der Waals surface area contributed by atoms with Gasteiger partial charge in [0, 0.05) is 50.7 Å². The lowest BCUT2D eigenvalue weighted by molar-refractivity contribution is -0.0793. The Morgan fingerprint density at radius 1 is 1.00 bits per heavy atom. The number of rotatable bonds is 7. The van der Waals surface area contributed by atoms with Gasteiger partial charge in [-0.15, -0.1) is 0 Å². The van der Waals surface area contributed by atoms with Crippen LogP contribution in [-0.4, -0.2) is 84.6 Å². The molecule has 3 aromatic rings. The predicted molar refractivity (Wildman–Crippen MR) is 121 cm³/mol. The van der Waals surface area contributed by atoms with Crippen LogP contribution in [0.4, 0.5) is 0 Å². The number of hydrogen-bond donors (Lipinski definition) is 1. The molecule has 1 unspecified atom stereocenters. The molecular formula is C25H29N3O3. The summed E-state index contributed by atoms with van der Waals surface area (Å²) in [6.07, 6.45) is 3.16. The number of hydrogen-bond acceptors (Lipinski definition) is 6. The smallest absolute Gasteiger partial charge is 0.120 e. The van der Waals surface area contributed by atoms with Gasteiger partial charge >= 0.3 is 0 Å². The topological polar surface area (TPSA) is 58.1 Å². The van der Waals surface area contributed by atoms with E-state index < -0.39 is 6.10 Å². The fourth-order valence-corrected chi connectivity index (χ4v) is 4.31. The molecule has 0 amide bonds. The Kier molecular flexibility index (Phi) is 6.13. The van der Waals surface area contributed by atoms with Crippen molar-refractivity contribution in [2.24, 2.45) is 0 Å². The van der Waals surface area contributed by atoms with Crippen molar-refractivity contribution in [3.8, 4) is 16.9 Å². The molecule has 5 rings (SSSR count). The number of benzene rings is 2. The number of aromatic nitrogens is 1. The van der Waals surface area contributed by atoms with E-state index >= 15 is 0 Å². The van der Waals surface area contributed by atoms with E-state index in [2.05, 4.69) is 45.1 Å². The minimum atomic E-state index is -0.498. The zero-order valence-corrected chi connectivity index (χ0v) is 17.7. The van der Waals surface area contributed by atoms with Crippen molar-refractivity contribution in [2.45, 2.75) is 12.1 Å². The van der Waals surface area contributed by atoms with Crippen LogP contribution in [0.15, 0.2) is 60.9 Å². The third kappa shape index (κ3) is 4.88. The van der Waals surface area contributed by atoms with Gasteiger partial charge in [0.1, 0.15) is 18.5 Å². The van der Waals surface area contributed by atoms with Crippen LogP contribution >= 0.6 is 0 Å². The number of ether oxygens (including phenoxy) is 2. The van der Waals surface area contributed by atoms with Gasteiger partial charge in [0.05, 0.1) is 19.3 Å². The predicted octanol–water partition coefficient (Wildman–Crippen LogP) is 2.66. The largest absolute Gasteiger partial charge is 0.491 e. The van der Waals surface area contributed by atoms with Crippen LogP contribution in [0.2, 0.25) is 0 Å². The van der Waals surface area contributed by atoms with Gasteiger partial charge in [0.15, 0.2) is 0 Å². The maximum absolute atomic E-state index is 10.5. The number of fused-ring (bicyclic) bond motifs is 1. The number of aliphatic hydroxyl groups excluding tert-OH is 1. The summed E-state index contributed by atoms with van der Waals surface area (Å²) in [6.45, 7) is 6.76. The molecule has 0 radical (unpaired) electrons. The lowest BCUT2D eigenvalue weighted by atomic mass is 10.0. The lowest BCUT2D eigenvalue weighted by Crippen LogP contribution is -2.57. The van der Waals surface area contributed by atoms with Crippen molar-refractivity contribution in [3.05, 3.63) is 60.9 Å². The highest BCUT2D eigenvalue weighted by Crippen LogP contribution is 2.26. The maximum atomic E-state index is 10.5. The second kappa shape index (κ2) is 9.32. The monoisotopic (exact) mass is 419 g/mol. The molecule has 2 saturated heterocycles. The summed E-state index contributed by atoms with van der Waals surface area (Å²) < 4.78 is 11.2. The van der Waals surface area contributed by atoms with Gasteiger partial charge in [0.25, 0.3) is 0 Å². The molecule has 6 nitrogen and oxygen atoms in total. The normalized spacial score (nSPS) is 19.3. The van der Waals surface area contributed by atoms with Gasteiger partial charge in [-0.05, 0) is 40.6 Å². The molecule has 2 aliphatic heterocycles. The van der Waals surface area contributed by atoms with Gasteiger partial charge in [-0.25, -0.2) is 0 Å². The summed E-state index contributed by atoms with van der Waals surface area (Å²) in [5.41, 5.74) is 2.25. The van der Waals surface area contributed by atoms with Gasteiger partial charge in [-0.2, -0.15) is 0 Å². The average Bonchev–Trinajstić information content (AvgIpc) is 2.78. The molecule has 0 saturated carbocycles. The third-order valence-corrected chi connectivity index (χ3v) is 6.26. The summed E-state index contributed by atoms with van der Waals surface area (Å²) in [6, 6.07) is 17.1. The molecule has 6 heteroatoms. The molecule has 1 N–H and O–H groups in total. The van der Waals surface area contributed by atoms with Crippen molar-refractivity contribution < 1.29 is 14.6 Å². The zero-order valence-electron chi connectivity index (χ0n) is 17.7. The fourth-order valence-electron chi connectivity index (χ4n) is 4.31. The van der Waals surface area contributed by atoms with Crippen LogP contribution in [-0.2, 0) is 4.74 Å². The Hall–Kier alpha value is -2.51. The summed E-state index contributed by atoms with van der Waals surface area (Å²) in [5, 5.41) is 12.7. The number of piperazine rings is 1. The lowest BCUT2D eigenvalue weighted by Gasteiger charge is -2.42. The van der Waals surface area contributed by atoms with Crippen LogP contribution < -0.4 is 4.74 Å². The Balaban J connectivity index is 1.13. The first-order valence-corrected chi connectivity index (χ1v) is 11.0. The Labute approximate surface area is 183 Å². The molecular weight excluding hydrogens is 390 g/mol. The minimum absolute atomic E-state index is 0.302. The Morgan fingerprint density at radius 2 is 1.81 bits per heavy atom. The molecule has 162 valence electrons. The van der Waals surface area contributed by atoms with Crippen molar-refractivity contribution in [1.82, 2.24) is 14.8 Å². The van der Waals surface area contributed by atoms with Crippen LogP contribution in [0.1, 0.15) is 0 Å². The molecule has 0 spiro atoms. The van der Waals surface area contributed by atoms with Gasteiger partial charge in [-0.3, -0.25) is 14.8 Å². The number of nitrogens with zero attached hydrogens (tertiary/aromatic N) is 3. The highest BCUT2D eigenvalue weighted by molar-refractivity contribution is 5.88. The summed E-state index contributed by atoms with van der Waals surface area (Å²) in [4.78, 5) is 9.02. The minimum Gasteiger partial charge on any atom is -0.491 e. The first-order valence-electron chi connectivity index (χ1n) is 11.0. The molecule has 3 heterocycles. The van der Waals surface area contributed by atoms with E-state index in [4.69, 9.17) is 9.47 Å². The summed E-state index contributed by atoms with van der Waals surface area (Å²) >= 11 is 0. The Bertz CT molecular complexity index is 1000. The highest BCUT2D eigenvalue weighted by Gasteiger charge is 2.29. The first-order chi connectivity index (χ1) is 15.2. The van der Waals surface area contributed by atoms with Crippen LogP contribution in [0.5, 0.6) is 5.75 Å². The third-order valence-electron chi connectivity index (χ3n) is 6.26. The van der Waals surface area contributed by atoms with E-state index in [0.29, 0.717) is 19.2 Å². The van der Waals surface area contributed by atoms with Gasteiger partial charge < -0.3 is 14.6 Å². The van der Waals surface area contributed by atoms with Crippen molar-refractivity contribution in [1.29, 1.82) is 0 Å². The average molecular weight is 420 g/mol. The van der Waals surface area contributed by atoms with Crippen LogP contribution in [0, 0.1) is 0 Å². The molecule has 2 aliphatic rings. The number of β-amino-alcohol motifs (C(OH)–C–C–N with tert-alkyl or cyclic N) is 1. The Morgan fingerprint density at radius 3 is 2.55 bits per heavy atom. The second-order valence-corrected chi connectivity index (χ2v) is 8.46. The molecule has 1 atom stereocenters. The SMILES string of the molecule is OC(COc1ccc2cc(-c3cccnc3)ccc2c1)CN1CCN(C2COC2)CC1. The molecule has 31 heavy (non-hydrogen) atoms. The van der Waals surface area contributed by atoms with Gasteiger partial charge in [-0.1, -0.05) is 24.3 Å². The number of pyridine rings is 1. The van der Waals surface area contributed by atoms with E-state index in [1.165, 1.54) is 0 Å². The van der Waals surface area contributed by atoms with Gasteiger partial charge in [0.2, 0.25) is 0 Å². The fraction of sp³-hybridized carbons (Fsp3) is 0.400.